The number of aliphatic hydroxyl groups excluding tert-OH is 1. The minimum atomic E-state index is -2.24. The molecule has 0 aromatic rings. The zero-order chi connectivity index (χ0) is 9.91. The third kappa shape index (κ3) is 0.578. The maximum atomic E-state index is 8.97. The number of ether oxygens (including phenoxy) is 1. The van der Waals surface area contributed by atoms with Crippen LogP contribution >= 0.6 is 0 Å². The molecule has 0 spiro atoms. The Labute approximate surface area is 60.4 Å². The fourth-order valence-electron chi connectivity index (χ4n) is 1.53. The third-order valence-corrected chi connectivity index (χ3v) is 2.13. The zero-order valence-electron chi connectivity index (χ0n) is 9.05. The molecule has 52 valence electrons. The van der Waals surface area contributed by atoms with Gasteiger partial charge in [-0.1, -0.05) is 0 Å². The molecule has 3 aliphatic rings. The smallest absolute Gasteiger partial charge is 0.0923 e. The van der Waals surface area contributed by atoms with Crippen molar-refractivity contribution in [3.8, 4) is 0 Å². The Bertz CT molecular complexity index is 231. The van der Waals surface area contributed by atoms with Crippen LogP contribution in [0.4, 0.5) is 0 Å². The van der Waals surface area contributed by atoms with Crippen LogP contribution in [-0.2, 0) is 4.74 Å². The van der Waals surface area contributed by atoms with Gasteiger partial charge in [-0.3, -0.25) is 0 Å². The van der Waals surface area contributed by atoms with Gasteiger partial charge in [-0.05, 0) is 25.6 Å². The highest BCUT2D eigenvalue weighted by Crippen LogP contribution is 2.51. The van der Waals surface area contributed by atoms with Crippen molar-refractivity contribution in [3.63, 3.8) is 0 Å². The predicted molar refractivity (Wildman–Crippen MR) is 33.1 cm³/mol. The molecule has 3 fully saturated rings. The summed E-state index contributed by atoms with van der Waals surface area (Å²) >= 11 is 0. The maximum absolute atomic E-state index is 8.97. The molecule has 1 unspecified atom stereocenters. The fraction of sp³-hybridized carbons (Fsp3) is 1.00. The van der Waals surface area contributed by atoms with E-state index in [-0.39, 0.29) is 6.61 Å². The van der Waals surface area contributed by atoms with Crippen LogP contribution in [0.15, 0.2) is 0 Å². The van der Waals surface area contributed by atoms with Crippen molar-refractivity contribution < 1.29 is 15.3 Å². The van der Waals surface area contributed by atoms with Gasteiger partial charge in [-0.2, -0.15) is 0 Å². The molecule has 2 aliphatic heterocycles. The number of fused-ring (bicyclic) bond motifs is 1. The molecule has 2 heteroatoms. The van der Waals surface area contributed by atoms with Gasteiger partial charge in [0.1, 0.15) is 0 Å². The van der Waals surface area contributed by atoms with Gasteiger partial charge in [0.05, 0.1) is 18.3 Å². The van der Waals surface area contributed by atoms with E-state index >= 15 is 0 Å². The first-order chi connectivity index (χ1) is 5.81. The highest BCUT2D eigenvalue weighted by Gasteiger charge is 2.55. The van der Waals surface area contributed by atoms with Gasteiger partial charge in [0.15, 0.2) is 0 Å². The normalized spacial score (nSPS) is 71.4. The highest BCUT2D eigenvalue weighted by atomic mass is 16.5. The van der Waals surface area contributed by atoms with Gasteiger partial charge in [0.2, 0.25) is 0 Å². The van der Waals surface area contributed by atoms with Gasteiger partial charge in [-0.15, -0.1) is 0 Å². The van der Waals surface area contributed by atoms with E-state index < -0.39 is 24.5 Å². The largest absolute Gasteiger partial charge is 0.393 e. The Balaban J connectivity index is 2.19. The lowest BCUT2D eigenvalue weighted by atomic mass is 9.73. The molecule has 9 heavy (non-hydrogen) atoms. The summed E-state index contributed by atoms with van der Waals surface area (Å²) in [6, 6.07) is 0. The van der Waals surface area contributed by atoms with Crippen molar-refractivity contribution in [1.82, 2.24) is 0 Å². The molecule has 0 aromatic heterocycles. The minimum Gasteiger partial charge on any atom is -0.393 e. The Hall–Kier alpha value is -0.0800. The van der Waals surface area contributed by atoms with Crippen molar-refractivity contribution in [3.05, 3.63) is 0 Å². The summed E-state index contributed by atoms with van der Waals surface area (Å²) in [5.74, 6) is -0.992. The summed E-state index contributed by atoms with van der Waals surface area (Å²) in [5, 5.41) is 8.97. The van der Waals surface area contributed by atoms with E-state index in [0.717, 1.165) is 0 Å². The van der Waals surface area contributed by atoms with Crippen LogP contribution in [0.25, 0.3) is 0 Å². The first-order valence-electron chi connectivity index (χ1n) is 5.10. The van der Waals surface area contributed by atoms with Gasteiger partial charge in [0.25, 0.3) is 0 Å². The van der Waals surface area contributed by atoms with Crippen LogP contribution < -0.4 is 0 Å². The van der Waals surface area contributed by atoms with Crippen LogP contribution in [0.2, 0.25) is 0 Å². The SMILES string of the molecule is [2H]C([2H])([2H])C1OC2(CO)CC1([2H])C2. The average molecular weight is 132 g/mol. The number of hydrogen-bond donors (Lipinski definition) is 1. The van der Waals surface area contributed by atoms with E-state index in [4.69, 9.17) is 15.3 Å². The second kappa shape index (κ2) is 1.50. The predicted octanol–water partition coefficient (Wildman–Crippen LogP) is 0.546. The van der Waals surface area contributed by atoms with Crippen molar-refractivity contribution in [2.45, 2.75) is 31.4 Å². The summed E-state index contributed by atoms with van der Waals surface area (Å²) in [7, 11) is 0. The molecule has 1 aliphatic carbocycles. The molecular formula is C7H12O2. The summed E-state index contributed by atoms with van der Waals surface area (Å²) < 4.78 is 34.6. The van der Waals surface area contributed by atoms with E-state index in [1.54, 1.807) is 0 Å². The molecule has 1 N–H and O–H groups in total. The summed E-state index contributed by atoms with van der Waals surface area (Å²) in [6.45, 7) is -2.42. The van der Waals surface area contributed by atoms with Crippen LogP contribution in [0, 0.1) is 5.89 Å². The Kier molecular flexibility index (Phi) is 0.480. The Morgan fingerprint density at radius 2 is 2.78 bits per heavy atom. The first kappa shape index (κ1) is 2.89. The van der Waals surface area contributed by atoms with Crippen molar-refractivity contribution in [2.24, 2.45) is 5.89 Å². The van der Waals surface area contributed by atoms with E-state index in [9.17, 15) is 0 Å². The van der Waals surface area contributed by atoms with E-state index in [0.29, 0.717) is 12.8 Å². The molecule has 0 radical (unpaired) electrons. The van der Waals surface area contributed by atoms with Crippen molar-refractivity contribution in [2.75, 3.05) is 6.61 Å². The van der Waals surface area contributed by atoms with Gasteiger partial charge < -0.3 is 9.84 Å². The monoisotopic (exact) mass is 132 g/mol. The quantitative estimate of drug-likeness (QED) is 0.564. The number of aliphatic hydroxyl groups is 1. The second-order valence-electron chi connectivity index (χ2n) is 2.85. The lowest BCUT2D eigenvalue weighted by Gasteiger charge is -2.33. The van der Waals surface area contributed by atoms with E-state index in [1.165, 1.54) is 0 Å². The third-order valence-electron chi connectivity index (χ3n) is 2.13. The maximum Gasteiger partial charge on any atom is 0.0923 e. The zero-order valence-corrected chi connectivity index (χ0v) is 5.05. The number of rotatable bonds is 1. The van der Waals surface area contributed by atoms with Crippen molar-refractivity contribution >= 4 is 0 Å². The number of hydrogen-bond acceptors (Lipinski definition) is 2. The molecule has 3 rings (SSSR count). The molecule has 1 atom stereocenters. The summed E-state index contributed by atoms with van der Waals surface area (Å²) in [6.07, 6.45) is -0.328. The summed E-state index contributed by atoms with van der Waals surface area (Å²) in [4.78, 5) is 0. The van der Waals surface area contributed by atoms with E-state index in [1.807, 2.05) is 0 Å². The average Bonchev–Trinajstić information content (AvgIpc) is 2.35. The Morgan fingerprint density at radius 1 is 2.00 bits per heavy atom. The highest BCUT2D eigenvalue weighted by molar-refractivity contribution is 5.04. The van der Waals surface area contributed by atoms with Gasteiger partial charge in [0, 0.05) is 5.48 Å². The molecule has 1 saturated carbocycles. The molecular weight excluding hydrogens is 116 g/mol. The standard InChI is InChI=1S/C7H12O2/c1-5-6-2-7(3-6,4-8)9-5/h5-6,8H,2-4H2,1H3/i1D3,6D. The fourth-order valence-corrected chi connectivity index (χ4v) is 1.53. The topological polar surface area (TPSA) is 29.5 Å². The first-order valence-corrected chi connectivity index (χ1v) is 3.10. The molecule has 0 amide bonds. The van der Waals surface area contributed by atoms with Crippen LogP contribution in [0.5, 0.6) is 0 Å². The van der Waals surface area contributed by atoms with Crippen molar-refractivity contribution in [1.29, 1.82) is 0 Å². The van der Waals surface area contributed by atoms with Gasteiger partial charge >= 0.3 is 0 Å². The van der Waals surface area contributed by atoms with Crippen LogP contribution in [-0.4, -0.2) is 23.4 Å². The molecule has 2 nitrogen and oxygen atoms in total. The van der Waals surface area contributed by atoms with Crippen LogP contribution in [0.3, 0.4) is 0 Å². The lowest BCUT2D eigenvalue weighted by molar-refractivity contribution is -0.0585. The summed E-state index contributed by atoms with van der Waals surface area (Å²) in [5.41, 5.74) is -0.721. The second-order valence-corrected chi connectivity index (χ2v) is 2.85. The van der Waals surface area contributed by atoms with E-state index in [2.05, 4.69) is 0 Å². The van der Waals surface area contributed by atoms with Crippen LogP contribution in [0.1, 0.15) is 25.2 Å². The Morgan fingerprint density at radius 3 is 3.11 bits per heavy atom. The molecule has 2 saturated heterocycles. The minimum absolute atomic E-state index is 0.180. The van der Waals surface area contributed by atoms with Gasteiger partial charge in [-0.25, -0.2) is 0 Å². The molecule has 0 aromatic carbocycles. The molecule has 2 heterocycles. The molecule has 2 bridgehead atoms. The lowest BCUT2D eigenvalue weighted by Crippen LogP contribution is -2.39.